The molecule has 0 saturated heterocycles. The van der Waals surface area contributed by atoms with Crippen molar-refractivity contribution in [2.75, 3.05) is 6.61 Å². The summed E-state index contributed by atoms with van der Waals surface area (Å²) in [7, 11) is 0. The number of hydrogen-bond donors (Lipinski definition) is 1. The predicted molar refractivity (Wildman–Crippen MR) is 68.4 cm³/mol. The van der Waals surface area contributed by atoms with E-state index in [1.54, 1.807) is 26.0 Å². The van der Waals surface area contributed by atoms with Crippen molar-refractivity contribution < 1.29 is 32.5 Å². The summed E-state index contributed by atoms with van der Waals surface area (Å²) >= 11 is 0. The molecule has 0 fully saturated rings. The second kappa shape index (κ2) is 5.31. The molecule has 1 aromatic rings. The summed E-state index contributed by atoms with van der Waals surface area (Å²) < 4.78 is 49.1. The second-order valence-electron chi connectivity index (χ2n) is 4.56. The minimum Gasteiger partial charge on any atom is -0.490 e. The lowest BCUT2D eigenvalue weighted by atomic mass is 9.99. The third-order valence-electron chi connectivity index (χ3n) is 2.90. The van der Waals surface area contributed by atoms with E-state index in [1.165, 1.54) is 0 Å². The van der Waals surface area contributed by atoms with Crippen LogP contribution in [0, 0.1) is 6.92 Å². The fourth-order valence-corrected chi connectivity index (χ4v) is 2.10. The average Bonchev–Trinajstić information content (AvgIpc) is 2.36. The lowest BCUT2D eigenvalue weighted by Gasteiger charge is -2.28. The Morgan fingerprint density at radius 3 is 2.62 bits per heavy atom. The van der Waals surface area contributed by atoms with Crippen molar-refractivity contribution in [2.24, 2.45) is 0 Å². The molecule has 1 unspecified atom stereocenters. The molecule has 1 aromatic carbocycles. The molecule has 0 spiro atoms. The zero-order valence-electron chi connectivity index (χ0n) is 11.3. The van der Waals surface area contributed by atoms with E-state index in [2.05, 4.69) is 0 Å². The van der Waals surface area contributed by atoms with Crippen LogP contribution in [0.1, 0.15) is 18.1 Å². The molecule has 1 atom stereocenters. The molecule has 1 aliphatic heterocycles. The number of halogens is 3. The molecule has 0 amide bonds. The lowest BCUT2D eigenvalue weighted by molar-refractivity contribution is -0.187. The first-order valence-corrected chi connectivity index (χ1v) is 6.19. The fourth-order valence-electron chi connectivity index (χ4n) is 2.10. The van der Waals surface area contributed by atoms with Crippen molar-refractivity contribution in [3.63, 3.8) is 0 Å². The lowest BCUT2D eigenvalue weighted by Crippen LogP contribution is -2.40. The molecule has 2 rings (SSSR count). The highest BCUT2D eigenvalue weighted by Gasteiger charge is 2.49. The monoisotopic (exact) mass is 302 g/mol. The van der Waals surface area contributed by atoms with Gasteiger partial charge in [0.25, 0.3) is 0 Å². The summed E-state index contributed by atoms with van der Waals surface area (Å²) in [6.45, 7) is 3.68. The maximum absolute atomic E-state index is 13.0. The van der Waals surface area contributed by atoms with Gasteiger partial charge in [-0.15, -0.1) is 0 Å². The van der Waals surface area contributed by atoms with E-state index < -0.39 is 23.8 Å². The topological polar surface area (TPSA) is 55.8 Å². The van der Waals surface area contributed by atoms with Crippen LogP contribution >= 0.6 is 0 Å². The van der Waals surface area contributed by atoms with Crippen molar-refractivity contribution in [1.82, 2.24) is 0 Å². The fraction of sp³-hybridized carbons (Fsp3) is 0.357. The Hall–Kier alpha value is -2.18. The van der Waals surface area contributed by atoms with Gasteiger partial charge >= 0.3 is 12.1 Å². The van der Waals surface area contributed by atoms with Crippen molar-refractivity contribution >= 4 is 12.0 Å². The Balaban J connectivity index is 2.60. The highest BCUT2D eigenvalue weighted by Crippen LogP contribution is 2.42. The van der Waals surface area contributed by atoms with Gasteiger partial charge in [0, 0.05) is 5.56 Å². The first kappa shape index (κ1) is 15.2. The molecule has 1 aliphatic rings. The number of alkyl halides is 3. The van der Waals surface area contributed by atoms with Crippen molar-refractivity contribution in [3.05, 3.63) is 28.8 Å². The molecule has 1 heterocycles. The van der Waals surface area contributed by atoms with Crippen LogP contribution in [-0.2, 0) is 4.79 Å². The van der Waals surface area contributed by atoms with E-state index in [0.717, 1.165) is 11.6 Å². The number of hydrogen-bond acceptors (Lipinski definition) is 3. The number of ether oxygens (including phenoxy) is 2. The summed E-state index contributed by atoms with van der Waals surface area (Å²) in [6.07, 6.45) is -6.35. The number of aliphatic carboxylic acids is 1. The molecule has 0 saturated carbocycles. The average molecular weight is 302 g/mol. The Kier molecular flexibility index (Phi) is 3.85. The van der Waals surface area contributed by atoms with Gasteiger partial charge in [0.05, 0.1) is 12.2 Å². The van der Waals surface area contributed by atoms with Crippen LogP contribution in [0.5, 0.6) is 11.5 Å². The van der Waals surface area contributed by atoms with E-state index in [0.29, 0.717) is 0 Å². The van der Waals surface area contributed by atoms with Crippen LogP contribution in [-0.4, -0.2) is 30.0 Å². The van der Waals surface area contributed by atoms with E-state index >= 15 is 0 Å². The van der Waals surface area contributed by atoms with Crippen LogP contribution in [0.15, 0.2) is 17.7 Å². The van der Waals surface area contributed by atoms with Crippen molar-refractivity contribution in [2.45, 2.75) is 26.1 Å². The van der Waals surface area contributed by atoms with Crippen molar-refractivity contribution in [1.29, 1.82) is 0 Å². The van der Waals surface area contributed by atoms with E-state index in [4.69, 9.17) is 14.6 Å². The molecule has 0 aromatic heterocycles. The van der Waals surface area contributed by atoms with Crippen LogP contribution in [0.4, 0.5) is 13.2 Å². The quantitative estimate of drug-likeness (QED) is 0.931. The minimum atomic E-state index is -4.82. The van der Waals surface area contributed by atoms with Gasteiger partial charge in [0.15, 0.2) is 11.5 Å². The molecule has 114 valence electrons. The standard InChI is InChI=1S/C14H13F3O4/c1-3-20-10-5-7(2)4-8-6-9(13(18)19)12(14(15,16)17)21-11(8)10/h4-6,12H,3H2,1-2H3,(H,18,19). The molecule has 7 heteroatoms. The number of aryl methyl sites for hydroxylation is 1. The van der Waals surface area contributed by atoms with E-state index in [9.17, 15) is 18.0 Å². The summed E-state index contributed by atoms with van der Waals surface area (Å²) in [5.74, 6) is -1.58. The molecule has 0 aliphatic carbocycles. The van der Waals surface area contributed by atoms with Gasteiger partial charge in [0.2, 0.25) is 6.10 Å². The van der Waals surface area contributed by atoms with E-state index in [-0.39, 0.29) is 23.7 Å². The second-order valence-corrected chi connectivity index (χ2v) is 4.56. The third-order valence-corrected chi connectivity index (χ3v) is 2.90. The van der Waals surface area contributed by atoms with Gasteiger partial charge in [-0.25, -0.2) is 4.79 Å². The zero-order valence-corrected chi connectivity index (χ0v) is 11.3. The van der Waals surface area contributed by atoms with E-state index in [1.807, 2.05) is 0 Å². The van der Waals surface area contributed by atoms with Crippen LogP contribution in [0.2, 0.25) is 0 Å². The Labute approximate surface area is 118 Å². The largest absolute Gasteiger partial charge is 0.490 e. The Morgan fingerprint density at radius 1 is 1.43 bits per heavy atom. The number of fused-ring (bicyclic) bond motifs is 1. The highest BCUT2D eigenvalue weighted by molar-refractivity contribution is 5.95. The molecule has 0 bridgehead atoms. The van der Waals surface area contributed by atoms with Gasteiger partial charge in [-0.3, -0.25) is 0 Å². The zero-order chi connectivity index (χ0) is 15.8. The minimum absolute atomic E-state index is 0.0882. The van der Waals surface area contributed by atoms with Gasteiger partial charge < -0.3 is 14.6 Å². The number of carboxylic acids is 1. The van der Waals surface area contributed by atoms with Gasteiger partial charge in [0.1, 0.15) is 0 Å². The summed E-state index contributed by atoms with van der Waals surface area (Å²) in [5, 5.41) is 8.96. The normalized spacial score (nSPS) is 17.6. The number of carboxylic acid groups (broad SMARTS) is 1. The third kappa shape index (κ3) is 2.96. The van der Waals surface area contributed by atoms with Gasteiger partial charge in [-0.2, -0.15) is 13.2 Å². The Bertz CT molecular complexity index is 605. The first-order valence-electron chi connectivity index (χ1n) is 6.19. The van der Waals surface area contributed by atoms with Crippen molar-refractivity contribution in [3.8, 4) is 11.5 Å². The SMILES string of the molecule is CCOc1cc(C)cc2c1OC(C(F)(F)F)C(C(=O)O)=C2. The maximum atomic E-state index is 13.0. The number of carbonyl (C=O) groups is 1. The smallest absolute Gasteiger partial charge is 0.430 e. The molecule has 1 N–H and O–H groups in total. The van der Waals surface area contributed by atoms with Crippen LogP contribution in [0.3, 0.4) is 0 Å². The molecular weight excluding hydrogens is 289 g/mol. The molecule has 0 radical (unpaired) electrons. The maximum Gasteiger partial charge on any atom is 0.430 e. The molecule has 21 heavy (non-hydrogen) atoms. The molecular formula is C14H13F3O4. The van der Waals surface area contributed by atoms with Crippen LogP contribution in [0.25, 0.3) is 6.08 Å². The predicted octanol–water partition coefficient (Wildman–Crippen LogP) is 3.19. The number of rotatable bonds is 3. The summed E-state index contributed by atoms with van der Waals surface area (Å²) in [4.78, 5) is 11.0. The highest BCUT2D eigenvalue weighted by atomic mass is 19.4. The van der Waals surface area contributed by atoms with Gasteiger partial charge in [-0.05, 0) is 37.6 Å². The Morgan fingerprint density at radius 2 is 2.10 bits per heavy atom. The number of benzene rings is 1. The molecule has 4 nitrogen and oxygen atoms in total. The summed E-state index contributed by atoms with van der Waals surface area (Å²) in [6, 6.07) is 3.10. The van der Waals surface area contributed by atoms with Gasteiger partial charge in [-0.1, -0.05) is 0 Å². The first-order chi connectivity index (χ1) is 9.74. The van der Waals surface area contributed by atoms with Crippen LogP contribution < -0.4 is 9.47 Å². The summed E-state index contributed by atoms with van der Waals surface area (Å²) in [5.41, 5.74) is 0.145.